The molecule has 1 aliphatic heterocycles. The van der Waals surface area contributed by atoms with E-state index >= 15 is 0 Å². The van der Waals surface area contributed by atoms with E-state index in [0.29, 0.717) is 5.56 Å². The van der Waals surface area contributed by atoms with Crippen molar-refractivity contribution in [3.05, 3.63) is 64.8 Å². The first-order chi connectivity index (χ1) is 15.1. The van der Waals surface area contributed by atoms with Crippen LogP contribution in [0.25, 0.3) is 10.9 Å². The lowest BCUT2D eigenvalue weighted by atomic mass is 9.94. The molecular weight excluding hydrogens is 384 g/mol. The summed E-state index contributed by atoms with van der Waals surface area (Å²) in [6.07, 6.45) is 6.68. The van der Waals surface area contributed by atoms with Gasteiger partial charge in [0.05, 0.1) is 16.8 Å². The number of hydrogen-bond acceptors (Lipinski definition) is 4. The van der Waals surface area contributed by atoms with Gasteiger partial charge >= 0.3 is 0 Å². The lowest BCUT2D eigenvalue weighted by molar-refractivity contribution is -0.120. The van der Waals surface area contributed by atoms with Gasteiger partial charge in [0.2, 0.25) is 5.91 Å². The second kappa shape index (κ2) is 8.03. The summed E-state index contributed by atoms with van der Waals surface area (Å²) in [4.78, 5) is 19.6. The van der Waals surface area contributed by atoms with E-state index in [1.54, 1.807) is 6.20 Å². The molecule has 0 radical (unpaired) electrons. The normalized spacial score (nSPS) is 16.2. The molecule has 156 valence electrons. The molecule has 1 N–H and O–H groups in total. The van der Waals surface area contributed by atoms with Crippen LogP contribution in [0.5, 0.6) is 0 Å². The summed E-state index contributed by atoms with van der Waals surface area (Å²) < 4.78 is 0. The molecular formula is C26H26N4O. The van der Waals surface area contributed by atoms with Gasteiger partial charge < -0.3 is 10.2 Å². The molecule has 0 saturated carbocycles. The van der Waals surface area contributed by atoms with Gasteiger partial charge in [0.1, 0.15) is 6.07 Å². The number of pyridine rings is 1. The highest BCUT2D eigenvalue weighted by molar-refractivity contribution is 5.96. The first-order valence-corrected chi connectivity index (χ1v) is 11.1. The van der Waals surface area contributed by atoms with E-state index in [1.165, 1.54) is 17.5 Å². The fraction of sp³-hybridized carbons (Fsp3) is 0.346. The SMILES string of the molecule is Cc1ccc2ncc(C#N)c(N3CCC(C(=O)Nc4ccc5c(c4)CCC5)CC3)c2c1. The molecule has 0 spiro atoms. The van der Waals surface area contributed by atoms with Crippen LogP contribution in [0.4, 0.5) is 11.4 Å². The monoisotopic (exact) mass is 410 g/mol. The smallest absolute Gasteiger partial charge is 0.227 e. The predicted molar refractivity (Wildman–Crippen MR) is 123 cm³/mol. The molecule has 0 atom stereocenters. The zero-order chi connectivity index (χ0) is 21.4. The van der Waals surface area contributed by atoms with Gasteiger partial charge in [0.15, 0.2) is 0 Å². The summed E-state index contributed by atoms with van der Waals surface area (Å²) >= 11 is 0. The molecule has 5 heteroatoms. The summed E-state index contributed by atoms with van der Waals surface area (Å²) in [5.41, 5.74) is 7.30. The van der Waals surface area contributed by atoms with Crippen molar-refractivity contribution in [2.75, 3.05) is 23.3 Å². The quantitative estimate of drug-likeness (QED) is 0.676. The standard InChI is InChI=1S/C26H26N4O/c1-17-5-8-24-23(13-17)25(21(15-27)16-28-24)30-11-9-19(10-12-30)26(31)29-22-7-6-18-3-2-4-20(18)14-22/h5-8,13-14,16,19H,2-4,9-12H2,1H3,(H,29,31). The molecule has 2 heterocycles. The second-order valence-electron chi connectivity index (χ2n) is 8.74. The van der Waals surface area contributed by atoms with Crippen molar-refractivity contribution < 1.29 is 4.79 Å². The largest absolute Gasteiger partial charge is 0.370 e. The molecule has 1 amide bonds. The van der Waals surface area contributed by atoms with E-state index in [1.807, 2.05) is 18.2 Å². The molecule has 1 fully saturated rings. The number of rotatable bonds is 3. The van der Waals surface area contributed by atoms with Gasteiger partial charge in [-0.05, 0) is 74.4 Å². The molecule has 2 aliphatic rings. The zero-order valence-corrected chi connectivity index (χ0v) is 17.8. The number of aromatic nitrogens is 1. The molecule has 1 aliphatic carbocycles. The Morgan fingerprint density at radius 1 is 1.13 bits per heavy atom. The molecule has 0 unspecified atom stereocenters. The van der Waals surface area contributed by atoms with Crippen LogP contribution in [0.3, 0.4) is 0 Å². The van der Waals surface area contributed by atoms with E-state index in [-0.39, 0.29) is 11.8 Å². The number of fused-ring (bicyclic) bond motifs is 2. The zero-order valence-electron chi connectivity index (χ0n) is 17.8. The minimum Gasteiger partial charge on any atom is -0.370 e. The minimum absolute atomic E-state index is 0.00937. The number of nitrogens with one attached hydrogen (secondary N) is 1. The summed E-state index contributed by atoms with van der Waals surface area (Å²) in [6.45, 7) is 3.56. The van der Waals surface area contributed by atoms with Crippen molar-refractivity contribution in [1.82, 2.24) is 4.98 Å². The van der Waals surface area contributed by atoms with E-state index in [2.05, 4.69) is 46.4 Å². The first kappa shape index (κ1) is 19.6. The van der Waals surface area contributed by atoms with Crippen molar-refractivity contribution in [1.29, 1.82) is 5.26 Å². The number of benzene rings is 2. The lowest BCUT2D eigenvalue weighted by Gasteiger charge is -2.34. The molecule has 3 aromatic rings. The van der Waals surface area contributed by atoms with E-state index in [9.17, 15) is 10.1 Å². The van der Waals surface area contributed by atoms with Crippen molar-refractivity contribution in [2.45, 2.75) is 39.0 Å². The molecule has 5 rings (SSSR count). The van der Waals surface area contributed by atoms with Crippen molar-refractivity contribution >= 4 is 28.2 Å². The maximum atomic E-state index is 12.9. The Hall–Kier alpha value is -3.39. The number of aryl methyl sites for hydroxylation is 3. The lowest BCUT2D eigenvalue weighted by Crippen LogP contribution is -2.38. The summed E-state index contributed by atoms with van der Waals surface area (Å²) in [6, 6.07) is 14.8. The van der Waals surface area contributed by atoms with E-state index in [0.717, 1.165) is 66.6 Å². The Labute approximate surface area is 182 Å². The predicted octanol–water partition coefficient (Wildman–Crippen LogP) is 4.76. The number of hydrogen-bond donors (Lipinski definition) is 1. The van der Waals surface area contributed by atoms with Crippen molar-refractivity contribution in [3.8, 4) is 6.07 Å². The number of anilines is 2. The van der Waals surface area contributed by atoms with Crippen LogP contribution in [0.1, 0.15) is 41.5 Å². The third-order valence-electron chi connectivity index (χ3n) is 6.66. The van der Waals surface area contributed by atoms with Crippen LogP contribution in [-0.2, 0) is 17.6 Å². The van der Waals surface area contributed by atoms with Gasteiger partial charge in [-0.25, -0.2) is 0 Å². The van der Waals surface area contributed by atoms with Crippen LogP contribution in [0.15, 0.2) is 42.6 Å². The molecule has 1 saturated heterocycles. The Balaban J connectivity index is 1.31. The Morgan fingerprint density at radius 3 is 2.74 bits per heavy atom. The molecule has 1 aromatic heterocycles. The van der Waals surface area contributed by atoms with Gasteiger partial charge in [-0.1, -0.05) is 17.7 Å². The average Bonchev–Trinajstić information content (AvgIpc) is 3.26. The summed E-state index contributed by atoms with van der Waals surface area (Å²) in [5, 5.41) is 13.8. The number of nitriles is 1. The van der Waals surface area contributed by atoms with Crippen molar-refractivity contribution in [2.24, 2.45) is 5.92 Å². The van der Waals surface area contributed by atoms with E-state index in [4.69, 9.17) is 0 Å². The van der Waals surface area contributed by atoms with Crippen LogP contribution in [0, 0.1) is 24.2 Å². The molecule has 31 heavy (non-hydrogen) atoms. The van der Waals surface area contributed by atoms with Crippen LogP contribution in [0.2, 0.25) is 0 Å². The Bertz CT molecular complexity index is 1200. The number of carbonyl (C=O) groups is 1. The highest BCUT2D eigenvalue weighted by Crippen LogP contribution is 2.33. The van der Waals surface area contributed by atoms with Crippen LogP contribution < -0.4 is 10.2 Å². The highest BCUT2D eigenvalue weighted by Gasteiger charge is 2.27. The molecule has 2 aromatic carbocycles. The number of amides is 1. The van der Waals surface area contributed by atoms with Gasteiger partial charge in [0, 0.05) is 36.3 Å². The second-order valence-corrected chi connectivity index (χ2v) is 8.74. The molecule has 5 nitrogen and oxygen atoms in total. The van der Waals surface area contributed by atoms with Crippen LogP contribution >= 0.6 is 0 Å². The average molecular weight is 411 g/mol. The maximum absolute atomic E-state index is 12.9. The minimum atomic E-state index is -0.00937. The first-order valence-electron chi connectivity index (χ1n) is 11.1. The number of nitrogens with zero attached hydrogens (tertiary/aromatic N) is 3. The van der Waals surface area contributed by atoms with E-state index < -0.39 is 0 Å². The van der Waals surface area contributed by atoms with Gasteiger partial charge in [-0.15, -0.1) is 0 Å². The Morgan fingerprint density at radius 2 is 1.94 bits per heavy atom. The topological polar surface area (TPSA) is 69.0 Å². The summed E-state index contributed by atoms with van der Waals surface area (Å²) in [5.74, 6) is 0.0958. The summed E-state index contributed by atoms with van der Waals surface area (Å²) in [7, 11) is 0. The number of carbonyl (C=O) groups excluding carboxylic acids is 1. The third-order valence-corrected chi connectivity index (χ3v) is 6.66. The fourth-order valence-electron chi connectivity index (χ4n) is 4.97. The molecule has 0 bridgehead atoms. The van der Waals surface area contributed by atoms with Gasteiger partial charge in [-0.3, -0.25) is 9.78 Å². The van der Waals surface area contributed by atoms with Gasteiger partial charge in [-0.2, -0.15) is 5.26 Å². The third kappa shape index (κ3) is 3.74. The van der Waals surface area contributed by atoms with Crippen LogP contribution in [-0.4, -0.2) is 24.0 Å². The van der Waals surface area contributed by atoms with Crippen molar-refractivity contribution in [3.63, 3.8) is 0 Å². The fourth-order valence-corrected chi connectivity index (χ4v) is 4.97. The maximum Gasteiger partial charge on any atom is 0.227 e. The highest BCUT2D eigenvalue weighted by atomic mass is 16.1. The Kier molecular flexibility index (Phi) is 5.07. The number of piperidine rings is 1. The van der Waals surface area contributed by atoms with Gasteiger partial charge in [0.25, 0.3) is 0 Å².